The number of nitrogens with two attached hydrogens (primary N) is 1. The Morgan fingerprint density at radius 3 is 2.58 bits per heavy atom. The SMILES string of the molecule is C/C=C(\C)N[NH2+]c1ccccc1. The minimum atomic E-state index is 1.17. The summed E-state index contributed by atoms with van der Waals surface area (Å²) in [6.45, 7) is 4.06. The van der Waals surface area contributed by atoms with Crippen molar-refractivity contribution in [2.24, 2.45) is 0 Å². The average Bonchev–Trinajstić information content (AvgIpc) is 2.16. The van der Waals surface area contributed by atoms with Crippen LogP contribution in [0.1, 0.15) is 13.8 Å². The molecule has 1 aromatic rings. The van der Waals surface area contributed by atoms with Crippen molar-refractivity contribution in [3.8, 4) is 0 Å². The van der Waals surface area contributed by atoms with Crippen LogP contribution in [0.5, 0.6) is 0 Å². The fourth-order valence-electron chi connectivity index (χ4n) is 0.830. The quantitative estimate of drug-likeness (QED) is 0.392. The standard InChI is InChI=1S/C10H14N2/c1-3-9(2)11-12-10-7-5-4-6-8-10/h3-8,11-12H,1-2H3/p+1/b9-3+. The monoisotopic (exact) mass is 163 g/mol. The van der Waals surface area contributed by atoms with Crippen molar-refractivity contribution in [2.45, 2.75) is 13.8 Å². The van der Waals surface area contributed by atoms with Gasteiger partial charge in [0, 0.05) is 12.1 Å². The Morgan fingerprint density at radius 1 is 1.33 bits per heavy atom. The van der Waals surface area contributed by atoms with Crippen molar-refractivity contribution < 1.29 is 5.43 Å². The predicted octanol–water partition coefficient (Wildman–Crippen LogP) is 1.31. The van der Waals surface area contributed by atoms with Gasteiger partial charge in [-0.25, -0.2) is 10.9 Å². The summed E-state index contributed by atoms with van der Waals surface area (Å²) in [5.41, 5.74) is 7.54. The Kier molecular flexibility index (Phi) is 3.35. The van der Waals surface area contributed by atoms with Crippen LogP contribution >= 0.6 is 0 Å². The number of allylic oxidation sites excluding steroid dienone is 2. The number of nitrogens with one attached hydrogen (secondary N) is 1. The summed E-state index contributed by atoms with van der Waals surface area (Å²) in [5.74, 6) is 0. The Bertz CT molecular complexity index is 252. The van der Waals surface area contributed by atoms with Gasteiger partial charge in [-0.3, -0.25) is 0 Å². The summed E-state index contributed by atoms with van der Waals surface area (Å²) in [7, 11) is 0. The number of rotatable bonds is 3. The zero-order chi connectivity index (χ0) is 8.81. The zero-order valence-electron chi connectivity index (χ0n) is 7.54. The molecule has 2 nitrogen and oxygen atoms in total. The van der Waals surface area contributed by atoms with Crippen molar-refractivity contribution in [1.82, 2.24) is 5.43 Å². The Balaban J connectivity index is 2.44. The maximum absolute atomic E-state index is 3.18. The second-order valence-corrected chi connectivity index (χ2v) is 2.67. The molecule has 1 aromatic carbocycles. The Hall–Kier alpha value is -1.28. The van der Waals surface area contributed by atoms with Gasteiger partial charge in [0.25, 0.3) is 0 Å². The molecule has 0 amide bonds. The minimum Gasteiger partial charge on any atom is -0.240 e. The molecule has 0 spiro atoms. The van der Waals surface area contributed by atoms with E-state index >= 15 is 0 Å². The lowest BCUT2D eigenvalue weighted by Gasteiger charge is -2.02. The molecule has 0 saturated heterocycles. The summed E-state index contributed by atoms with van der Waals surface area (Å²) in [4.78, 5) is 0. The average molecular weight is 163 g/mol. The van der Waals surface area contributed by atoms with Crippen LogP contribution in [0.25, 0.3) is 0 Å². The smallest absolute Gasteiger partial charge is 0.153 e. The largest absolute Gasteiger partial charge is 0.240 e. The Morgan fingerprint density at radius 2 is 2.00 bits per heavy atom. The molecular formula is C10H15N2+. The molecule has 0 saturated carbocycles. The molecule has 0 aliphatic heterocycles. The third-order valence-electron chi connectivity index (χ3n) is 1.70. The molecule has 0 radical (unpaired) electrons. The van der Waals surface area contributed by atoms with Crippen LogP contribution in [0.15, 0.2) is 42.1 Å². The van der Waals surface area contributed by atoms with E-state index in [0.29, 0.717) is 0 Å². The van der Waals surface area contributed by atoms with Crippen LogP contribution in [0.4, 0.5) is 5.69 Å². The van der Waals surface area contributed by atoms with Gasteiger partial charge in [0.05, 0.1) is 5.70 Å². The summed E-state index contributed by atoms with van der Waals surface area (Å²) in [6.07, 6.45) is 2.04. The van der Waals surface area contributed by atoms with E-state index < -0.39 is 0 Å². The maximum Gasteiger partial charge on any atom is 0.153 e. The second kappa shape index (κ2) is 4.57. The van der Waals surface area contributed by atoms with Gasteiger partial charge in [-0.1, -0.05) is 24.3 Å². The maximum atomic E-state index is 3.18. The molecule has 0 heterocycles. The molecule has 0 aliphatic carbocycles. The van der Waals surface area contributed by atoms with E-state index in [-0.39, 0.29) is 0 Å². The third-order valence-corrected chi connectivity index (χ3v) is 1.70. The van der Waals surface area contributed by atoms with Gasteiger partial charge in [0.15, 0.2) is 5.69 Å². The van der Waals surface area contributed by atoms with Gasteiger partial charge >= 0.3 is 0 Å². The summed E-state index contributed by atoms with van der Waals surface area (Å²) in [5, 5.41) is 0. The van der Waals surface area contributed by atoms with Crippen molar-refractivity contribution in [3.05, 3.63) is 42.1 Å². The molecule has 2 heteroatoms. The molecule has 0 unspecified atom stereocenters. The van der Waals surface area contributed by atoms with E-state index in [0.717, 1.165) is 0 Å². The lowest BCUT2D eigenvalue weighted by Crippen LogP contribution is -2.87. The molecule has 12 heavy (non-hydrogen) atoms. The van der Waals surface area contributed by atoms with E-state index in [1.165, 1.54) is 11.4 Å². The molecule has 0 aliphatic rings. The predicted molar refractivity (Wildman–Crippen MR) is 50.6 cm³/mol. The molecule has 0 fully saturated rings. The minimum absolute atomic E-state index is 1.17. The highest BCUT2D eigenvalue weighted by Gasteiger charge is 1.92. The topological polar surface area (TPSA) is 28.6 Å². The fourth-order valence-corrected chi connectivity index (χ4v) is 0.830. The van der Waals surface area contributed by atoms with Crippen LogP contribution in [-0.4, -0.2) is 0 Å². The van der Waals surface area contributed by atoms with E-state index in [1.54, 1.807) is 0 Å². The van der Waals surface area contributed by atoms with Crippen LogP contribution < -0.4 is 10.9 Å². The lowest BCUT2D eigenvalue weighted by atomic mass is 10.3. The van der Waals surface area contributed by atoms with E-state index in [4.69, 9.17) is 0 Å². The van der Waals surface area contributed by atoms with E-state index in [9.17, 15) is 0 Å². The number of benzene rings is 1. The van der Waals surface area contributed by atoms with Crippen molar-refractivity contribution >= 4 is 5.69 Å². The van der Waals surface area contributed by atoms with E-state index in [2.05, 4.69) is 17.6 Å². The first-order chi connectivity index (χ1) is 5.83. The number of hydrogen-bond donors (Lipinski definition) is 2. The zero-order valence-corrected chi connectivity index (χ0v) is 7.54. The fraction of sp³-hybridized carbons (Fsp3) is 0.200. The van der Waals surface area contributed by atoms with Crippen LogP contribution in [0.2, 0.25) is 0 Å². The third kappa shape index (κ3) is 2.76. The van der Waals surface area contributed by atoms with Crippen molar-refractivity contribution in [1.29, 1.82) is 0 Å². The molecule has 3 N–H and O–H groups in total. The molecule has 1 rings (SSSR count). The van der Waals surface area contributed by atoms with E-state index in [1.807, 2.05) is 43.5 Å². The van der Waals surface area contributed by atoms with Gasteiger partial charge in [-0.15, -0.1) is 0 Å². The highest BCUT2D eigenvalue weighted by Crippen LogP contribution is 1.95. The van der Waals surface area contributed by atoms with Gasteiger partial charge in [-0.05, 0) is 13.8 Å². The van der Waals surface area contributed by atoms with Crippen molar-refractivity contribution in [2.75, 3.05) is 0 Å². The first-order valence-electron chi connectivity index (χ1n) is 4.10. The van der Waals surface area contributed by atoms with Gasteiger partial charge in [-0.2, -0.15) is 0 Å². The number of para-hydroxylation sites is 1. The normalized spacial score (nSPS) is 11.3. The Labute approximate surface area is 73.3 Å². The molecule has 64 valence electrons. The number of quaternary nitrogens is 1. The number of hydrogen-bond acceptors (Lipinski definition) is 1. The highest BCUT2D eigenvalue weighted by atomic mass is 15.4. The van der Waals surface area contributed by atoms with Crippen molar-refractivity contribution in [3.63, 3.8) is 0 Å². The van der Waals surface area contributed by atoms with Crippen LogP contribution in [0, 0.1) is 0 Å². The molecular weight excluding hydrogens is 148 g/mol. The van der Waals surface area contributed by atoms with Gasteiger partial charge in [0.1, 0.15) is 0 Å². The summed E-state index contributed by atoms with van der Waals surface area (Å²) in [6, 6.07) is 10.2. The molecule has 0 atom stereocenters. The molecule has 0 aromatic heterocycles. The first kappa shape index (κ1) is 8.81. The van der Waals surface area contributed by atoms with Gasteiger partial charge in [0.2, 0.25) is 0 Å². The van der Waals surface area contributed by atoms with Crippen LogP contribution in [-0.2, 0) is 0 Å². The van der Waals surface area contributed by atoms with Crippen LogP contribution in [0.3, 0.4) is 0 Å². The lowest BCUT2D eigenvalue weighted by molar-refractivity contribution is -0.626. The summed E-state index contributed by atoms with van der Waals surface area (Å²) < 4.78 is 0. The highest BCUT2D eigenvalue weighted by molar-refractivity contribution is 5.26. The first-order valence-corrected chi connectivity index (χ1v) is 4.10. The molecule has 0 bridgehead atoms. The summed E-state index contributed by atoms with van der Waals surface area (Å²) >= 11 is 0. The van der Waals surface area contributed by atoms with Gasteiger partial charge < -0.3 is 0 Å². The second-order valence-electron chi connectivity index (χ2n) is 2.67.